The van der Waals surface area contributed by atoms with Gasteiger partial charge in [-0.05, 0) is 42.4 Å². The number of carbonyl (C=O) groups is 1. The lowest BCUT2D eigenvalue weighted by Crippen LogP contribution is -2.40. The topological polar surface area (TPSA) is 49.3 Å². The molecule has 132 valence electrons. The molecule has 0 saturated carbocycles. The van der Waals surface area contributed by atoms with Crippen LogP contribution in [-0.2, 0) is 11.2 Å². The fraction of sp³-hybridized carbons (Fsp3) is 0.316. The number of nitrogens with one attached hydrogen (secondary N) is 1. The molecule has 0 aromatic heterocycles. The molecular formula is C19H19ClFNO2S. The first kappa shape index (κ1) is 18.2. The van der Waals surface area contributed by atoms with E-state index in [-0.39, 0.29) is 21.7 Å². The predicted octanol–water partition coefficient (Wildman–Crippen LogP) is 4.05. The summed E-state index contributed by atoms with van der Waals surface area (Å²) in [6.45, 7) is 1.64. The molecular weight excluding hydrogens is 361 g/mol. The number of amides is 1. The van der Waals surface area contributed by atoms with E-state index in [0.717, 1.165) is 17.7 Å². The van der Waals surface area contributed by atoms with Crippen LogP contribution in [0.15, 0.2) is 42.5 Å². The number of thioether (sulfide) groups is 1. The van der Waals surface area contributed by atoms with E-state index in [0.29, 0.717) is 0 Å². The van der Waals surface area contributed by atoms with Gasteiger partial charge in [-0.1, -0.05) is 41.9 Å². The highest BCUT2D eigenvalue weighted by atomic mass is 35.5. The van der Waals surface area contributed by atoms with Crippen molar-refractivity contribution in [1.82, 2.24) is 5.32 Å². The quantitative estimate of drug-likeness (QED) is 0.842. The maximum Gasteiger partial charge on any atom is 0.237 e. The molecule has 0 spiro atoms. The van der Waals surface area contributed by atoms with Crippen molar-refractivity contribution in [2.75, 3.05) is 5.75 Å². The number of carbonyl (C=O) groups excluding carboxylic acids is 1. The maximum atomic E-state index is 14.0. The van der Waals surface area contributed by atoms with Crippen LogP contribution >= 0.6 is 23.4 Å². The molecule has 0 aliphatic carbocycles. The summed E-state index contributed by atoms with van der Waals surface area (Å²) in [6.07, 6.45) is -0.283. The van der Waals surface area contributed by atoms with Gasteiger partial charge in [0.1, 0.15) is 17.2 Å². The standard InChI is InChI=1S/C19H19ClFNO2S/c1-11(17(23)16-14(20)7-4-8-15(16)21)22-19(24)18-13-6-3-2-5-12(13)9-10-25-18/h2-8,11,17-18,23H,9-10H2,1H3,(H,22,24)/t11-,17+,18-/m0/s1. The Morgan fingerprint density at radius 2 is 2.08 bits per heavy atom. The zero-order valence-electron chi connectivity index (χ0n) is 13.7. The molecule has 2 aromatic carbocycles. The van der Waals surface area contributed by atoms with Gasteiger partial charge >= 0.3 is 0 Å². The third-order valence-electron chi connectivity index (χ3n) is 4.37. The van der Waals surface area contributed by atoms with Gasteiger partial charge in [0.25, 0.3) is 0 Å². The van der Waals surface area contributed by atoms with Crippen LogP contribution in [0.5, 0.6) is 0 Å². The van der Waals surface area contributed by atoms with Crippen molar-refractivity contribution in [3.8, 4) is 0 Å². The number of hydrogen-bond acceptors (Lipinski definition) is 3. The number of aliphatic hydroxyl groups is 1. The zero-order chi connectivity index (χ0) is 18.0. The molecule has 0 fully saturated rings. The fourth-order valence-electron chi connectivity index (χ4n) is 3.03. The molecule has 1 heterocycles. The van der Waals surface area contributed by atoms with Gasteiger partial charge in [0, 0.05) is 10.6 Å². The minimum absolute atomic E-state index is 0.00802. The van der Waals surface area contributed by atoms with Crippen molar-refractivity contribution in [2.24, 2.45) is 0 Å². The van der Waals surface area contributed by atoms with E-state index in [4.69, 9.17) is 11.6 Å². The first-order chi connectivity index (χ1) is 12.0. The highest BCUT2D eigenvalue weighted by molar-refractivity contribution is 8.00. The first-order valence-electron chi connectivity index (χ1n) is 8.10. The second kappa shape index (κ2) is 7.77. The lowest BCUT2D eigenvalue weighted by atomic mass is 9.99. The molecule has 25 heavy (non-hydrogen) atoms. The number of aliphatic hydroxyl groups excluding tert-OH is 1. The lowest BCUT2D eigenvalue weighted by Gasteiger charge is -2.27. The number of aryl methyl sites for hydroxylation is 1. The van der Waals surface area contributed by atoms with Crippen molar-refractivity contribution in [3.05, 3.63) is 70.0 Å². The summed E-state index contributed by atoms with van der Waals surface area (Å²) in [4.78, 5) is 12.7. The van der Waals surface area contributed by atoms with Crippen molar-refractivity contribution >= 4 is 29.3 Å². The van der Waals surface area contributed by atoms with E-state index < -0.39 is 18.0 Å². The predicted molar refractivity (Wildman–Crippen MR) is 99.3 cm³/mol. The summed E-state index contributed by atoms with van der Waals surface area (Å²) in [5, 5.41) is 13.1. The van der Waals surface area contributed by atoms with Crippen molar-refractivity contribution in [3.63, 3.8) is 0 Å². The van der Waals surface area contributed by atoms with Gasteiger partial charge in [0.15, 0.2) is 0 Å². The molecule has 2 N–H and O–H groups in total. The highest BCUT2D eigenvalue weighted by Crippen LogP contribution is 2.37. The summed E-state index contributed by atoms with van der Waals surface area (Å²) >= 11 is 7.58. The Hall–Kier alpha value is -1.56. The molecule has 3 atom stereocenters. The number of fused-ring (bicyclic) bond motifs is 1. The number of halogens is 2. The molecule has 0 saturated heterocycles. The third kappa shape index (κ3) is 3.84. The van der Waals surface area contributed by atoms with Gasteiger partial charge in [-0.3, -0.25) is 4.79 Å². The summed E-state index contributed by atoms with van der Waals surface area (Å²) in [5.74, 6) is 0.0974. The molecule has 0 radical (unpaired) electrons. The Bertz CT molecular complexity index is 766. The van der Waals surface area contributed by atoms with E-state index in [1.807, 2.05) is 24.3 Å². The molecule has 1 aliphatic heterocycles. The zero-order valence-corrected chi connectivity index (χ0v) is 15.3. The molecule has 0 unspecified atom stereocenters. The van der Waals surface area contributed by atoms with Crippen LogP contribution in [0.3, 0.4) is 0 Å². The van der Waals surface area contributed by atoms with Gasteiger partial charge < -0.3 is 10.4 Å². The first-order valence-corrected chi connectivity index (χ1v) is 9.53. The van der Waals surface area contributed by atoms with Crippen LogP contribution in [0.25, 0.3) is 0 Å². The van der Waals surface area contributed by atoms with Crippen LogP contribution in [0.2, 0.25) is 5.02 Å². The molecule has 0 bridgehead atoms. The van der Waals surface area contributed by atoms with Gasteiger partial charge in [0.05, 0.1) is 6.04 Å². The molecule has 1 amide bonds. The van der Waals surface area contributed by atoms with Gasteiger partial charge in [-0.2, -0.15) is 0 Å². The Morgan fingerprint density at radius 3 is 2.84 bits per heavy atom. The van der Waals surface area contributed by atoms with Crippen LogP contribution in [0.1, 0.15) is 35.0 Å². The monoisotopic (exact) mass is 379 g/mol. The van der Waals surface area contributed by atoms with Crippen LogP contribution < -0.4 is 5.32 Å². The lowest BCUT2D eigenvalue weighted by molar-refractivity contribution is -0.122. The Labute approximate surface area is 155 Å². The number of benzene rings is 2. The number of rotatable bonds is 4. The van der Waals surface area contributed by atoms with Gasteiger partial charge in [-0.15, -0.1) is 11.8 Å². The van der Waals surface area contributed by atoms with E-state index >= 15 is 0 Å². The van der Waals surface area contributed by atoms with Crippen LogP contribution in [0, 0.1) is 5.82 Å². The Balaban J connectivity index is 1.75. The summed E-state index contributed by atoms with van der Waals surface area (Å²) in [6, 6.07) is 11.5. The van der Waals surface area contributed by atoms with Gasteiger partial charge in [-0.25, -0.2) is 4.39 Å². The highest BCUT2D eigenvalue weighted by Gasteiger charge is 2.30. The van der Waals surface area contributed by atoms with E-state index in [1.165, 1.54) is 23.8 Å². The van der Waals surface area contributed by atoms with Crippen LogP contribution in [-0.4, -0.2) is 22.8 Å². The maximum absolute atomic E-state index is 14.0. The average Bonchev–Trinajstić information content (AvgIpc) is 2.60. The second-order valence-corrected chi connectivity index (χ2v) is 7.70. The van der Waals surface area contributed by atoms with E-state index in [9.17, 15) is 14.3 Å². The fourth-order valence-corrected chi connectivity index (χ4v) is 4.51. The molecule has 2 aromatic rings. The van der Waals surface area contributed by atoms with Crippen LogP contribution in [0.4, 0.5) is 4.39 Å². The van der Waals surface area contributed by atoms with E-state index in [1.54, 1.807) is 18.7 Å². The Morgan fingerprint density at radius 1 is 1.32 bits per heavy atom. The molecule has 6 heteroatoms. The molecule has 3 rings (SSSR count). The summed E-state index contributed by atoms with van der Waals surface area (Å²) in [5.41, 5.74) is 2.18. The normalized spacial score (nSPS) is 19.0. The average molecular weight is 380 g/mol. The Kier molecular flexibility index (Phi) is 5.67. The molecule has 1 aliphatic rings. The smallest absolute Gasteiger partial charge is 0.237 e. The minimum Gasteiger partial charge on any atom is -0.386 e. The number of hydrogen-bond donors (Lipinski definition) is 2. The summed E-state index contributed by atoms with van der Waals surface area (Å²) < 4.78 is 14.0. The third-order valence-corrected chi connectivity index (χ3v) is 5.94. The van der Waals surface area contributed by atoms with Gasteiger partial charge in [0.2, 0.25) is 5.91 Å². The van der Waals surface area contributed by atoms with E-state index in [2.05, 4.69) is 5.32 Å². The molecule has 3 nitrogen and oxygen atoms in total. The van der Waals surface area contributed by atoms with Crippen molar-refractivity contribution in [2.45, 2.75) is 30.7 Å². The second-order valence-electron chi connectivity index (χ2n) is 6.08. The summed E-state index contributed by atoms with van der Waals surface area (Å²) in [7, 11) is 0. The van der Waals surface area contributed by atoms with Crippen molar-refractivity contribution < 1.29 is 14.3 Å². The minimum atomic E-state index is -1.22. The largest absolute Gasteiger partial charge is 0.386 e. The van der Waals surface area contributed by atoms with Crippen molar-refractivity contribution in [1.29, 1.82) is 0 Å². The SMILES string of the molecule is C[C@H](NC(=O)[C@H]1SCCc2ccccc21)[C@@H](O)c1c(F)cccc1Cl.